The Morgan fingerprint density at radius 1 is 1.11 bits per heavy atom. The van der Waals surface area contributed by atoms with Crippen LogP contribution in [-0.2, 0) is 14.3 Å². The normalized spacial score (nSPS) is 15.5. The molecule has 9 nitrogen and oxygen atoms in total. The van der Waals surface area contributed by atoms with Gasteiger partial charge in [0.05, 0.1) is 19.8 Å². The first-order valence-electron chi connectivity index (χ1n) is 9.54. The maximum Gasteiger partial charge on any atom is 0.312 e. The third-order valence-electron chi connectivity index (χ3n) is 4.39. The van der Waals surface area contributed by atoms with Gasteiger partial charge in [0, 0.05) is 24.5 Å². The Morgan fingerprint density at radius 2 is 1.71 bits per heavy atom. The number of amides is 4. The van der Waals surface area contributed by atoms with Crippen LogP contribution in [0.4, 0.5) is 16.2 Å². The number of morpholine rings is 1. The molecule has 9 heteroatoms. The van der Waals surface area contributed by atoms with Crippen molar-refractivity contribution >= 4 is 29.2 Å². The van der Waals surface area contributed by atoms with Crippen molar-refractivity contribution < 1.29 is 19.1 Å². The van der Waals surface area contributed by atoms with Gasteiger partial charge in [0.1, 0.15) is 6.04 Å². The Bertz CT molecular complexity index is 659. The molecule has 28 heavy (non-hydrogen) atoms. The maximum absolute atomic E-state index is 12.4. The number of unbranched alkanes of at least 4 members (excludes halogenated alkanes) is 1. The summed E-state index contributed by atoms with van der Waals surface area (Å²) < 4.78 is 5.27. The van der Waals surface area contributed by atoms with Gasteiger partial charge >= 0.3 is 6.03 Å². The summed E-state index contributed by atoms with van der Waals surface area (Å²) in [5, 5.41) is 8.06. The zero-order valence-corrected chi connectivity index (χ0v) is 16.2. The van der Waals surface area contributed by atoms with Gasteiger partial charge in [-0.25, -0.2) is 4.79 Å². The van der Waals surface area contributed by atoms with E-state index in [1.54, 1.807) is 24.3 Å². The Morgan fingerprint density at radius 3 is 2.29 bits per heavy atom. The van der Waals surface area contributed by atoms with Crippen molar-refractivity contribution in [3.63, 3.8) is 0 Å². The SMILES string of the molecule is CCCC[C@@H](NC(N)=O)C(=O)Nc1ccc(NC(=O)CN2CCOCC2)cc1. The van der Waals surface area contributed by atoms with Crippen LogP contribution in [0.2, 0.25) is 0 Å². The van der Waals surface area contributed by atoms with Crippen LogP contribution < -0.4 is 21.7 Å². The number of primary amides is 1. The van der Waals surface area contributed by atoms with Crippen molar-refractivity contribution in [3.05, 3.63) is 24.3 Å². The number of hydrogen-bond acceptors (Lipinski definition) is 5. The van der Waals surface area contributed by atoms with Crippen molar-refractivity contribution in [1.29, 1.82) is 0 Å². The molecule has 1 saturated heterocycles. The quantitative estimate of drug-likeness (QED) is 0.502. The number of nitrogens with two attached hydrogens (primary N) is 1. The van der Waals surface area contributed by atoms with Crippen LogP contribution in [-0.4, -0.2) is 61.6 Å². The van der Waals surface area contributed by atoms with Crippen molar-refractivity contribution in [1.82, 2.24) is 10.2 Å². The first-order valence-corrected chi connectivity index (χ1v) is 9.54. The summed E-state index contributed by atoms with van der Waals surface area (Å²) in [6, 6.07) is 5.43. The highest BCUT2D eigenvalue weighted by Gasteiger charge is 2.19. The van der Waals surface area contributed by atoms with Crippen molar-refractivity contribution in [2.24, 2.45) is 5.73 Å². The van der Waals surface area contributed by atoms with Crippen molar-refractivity contribution in [2.45, 2.75) is 32.2 Å². The molecule has 0 bridgehead atoms. The summed E-state index contributed by atoms with van der Waals surface area (Å²) in [6.07, 6.45) is 2.22. The number of rotatable bonds is 9. The fraction of sp³-hybridized carbons (Fsp3) is 0.526. The summed E-state index contributed by atoms with van der Waals surface area (Å²) in [6.45, 7) is 5.11. The molecule has 1 aromatic carbocycles. The Labute approximate surface area is 165 Å². The number of hydrogen-bond donors (Lipinski definition) is 4. The number of anilines is 2. The van der Waals surface area contributed by atoms with E-state index in [4.69, 9.17) is 10.5 Å². The predicted molar refractivity (Wildman–Crippen MR) is 107 cm³/mol. The highest BCUT2D eigenvalue weighted by atomic mass is 16.5. The second-order valence-corrected chi connectivity index (χ2v) is 6.71. The van der Waals surface area contributed by atoms with Crippen molar-refractivity contribution in [2.75, 3.05) is 43.5 Å². The van der Waals surface area contributed by atoms with Gasteiger partial charge in [0.15, 0.2) is 0 Å². The third-order valence-corrected chi connectivity index (χ3v) is 4.39. The lowest BCUT2D eigenvalue weighted by molar-refractivity contribution is -0.119. The van der Waals surface area contributed by atoms with Gasteiger partial charge in [-0.3, -0.25) is 14.5 Å². The first-order chi connectivity index (χ1) is 13.5. The Hall–Kier alpha value is -2.65. The van der Waals surface area contributed by atoms with E-state index < -0.39 is 12.1 Å². The molecule has 0 aliphatic carbocycles. The highest BCUT2D eigenvalue weighted by molar-refractivity contribution is 5.97. The van der Waals surface area contributed by atoms with E-state index in [1.165, 1.54) is 0 Å². The van der Waals surface area contributed by atoms with E-state index in [-0.39, 0.29) is 11.8 Å². The van der Waals surface area contributed by atoms with E-state index in [0.29, 0.717) is 37.6 Å². The zero-order chi connectivity index (χ0) is 20.4. The molecular weight excluding hydrogens is 362 g/mol. The van der Waals surface area contributed by atoms with Crippen LogP contribution in [0.5, 0.6) is 0 Å². The van der Waals surface area contributed by atoms with Crippen LogP contribution >= 0.6 is 0 Å². The molecule has 4 amide bonds. The van der Waals surface area contributed by atoms with Gasteiger partial charge in [-0.15, -0.1) is 0 Å². The summed E-state index contributed by atoms with van der Waals surface area (Å²) in [5.74, 6) is -0.416. The lowest BCUT2D eigenvalue weighted by Crippen LogP contribution is -2.46. The number of carbonyl (C=O) groups is 3. The fourth-order valence-electron chi connectivity index (χ4n) is 2.88. The fourth-order valence-corrected chi connectivity index (χ4v) is 2.88. The molecule has 1 aliphatic heterocycles. The van der Waals surface area contributed by atoms with Crippen LogP contribution in [0.15, 0.2) is 24.3 Å². The van der Waals surface area contributed by atoms with E-state index in [2.05, 4.69) is 16.0 Å². The molecule has 0 saturated carbocycles. The second kappa shape index (κ2) is 11.3. The minimum absolute atomic E-state index is 0.0935. The molecule has 0 aromatic heterocycles. The van der Waals surface area contributed by atoms with E-state index >= 15 is 0 Å². The molecule has 5 N–H and O–H groups in total. The molecule has 1 heterocycles. The molecular formula is C19H29N5O4. The number of ether oxygens (including phenoxy) is 1. The third kappa shape index (κ3) is 7.53. The summed E-state index contributed by atoms with van der Waals surface area (Å²) >= 11 is 0. The van der Waals surface area contributed by atoms with Gasteiger partial charge in [0.2, 0.25) is 11.8 Å². The van der Waals surface area contributed by atoms with E-state index in [1.807, 2.05) is 11.8 Å². The number of benzene rings is 1. The van der Waals surface area contributed by atoms with Crippen LogP contribution in [0.25, 0.3) is 0 Å². The standard InChI is InChI=1S/C19H29N5O4/c1-2-3-4-16(23-19(20)27)18(26)22-15-7-5-14(6-8-15)21-17(25)13-24-9-11-28-12-10-24/h5-8,16H,2-4,9-13H2,1H3,(H,21,25)(H,22,26)(H3,20,23,27)/t16-/m1/s1. The largest absolute Gasteiger partial charge is 0.379 e. The van der Waals surface area contributed by atoms with Gasteiger partial charge in [-0.05, 0) is 30.7 Å². The number of urea groups is 1. The smallest absolute Gasteiger partial charge is 0.312 e. The van der Waals surface area contributed by atoms with Gasteiger partial charge in [-0.1, -0.05) is 19.8 Å². The first kappa shape index (κ1) is 21.6. The predicted octanol–water partition coefficient (Wildman–Crippen LogP) is 1.12. The van der Waals surface area contributed by atoms with Gasteiger partial charge in [0.25, 0.3) is 0 Å². The van der Waals surface area contributed by atoms with Gasteiger partial charge in [-0.2, -0.15) is 0 Å². The molecule has 1 aromatic rings. The average Bonchev–Trinajstić information content (AvgIpc) is 2.67. The van der Waals surface area contributed by atoms with E-state index in [9.17, 15) is 14.4 Å². The lowest BCUT2D eigenvalue weighted by Gasteiger charge is -2.25. The Balaban J connectivity index is 1.85. The van der Waals surface area contributed by atoms with Crippen molar-refractivity contribution in [3.8, 4) is 0 Å². The molecule has 0 unspecified atom stereocenters. The number of nitrogens with zero attached hydrogens (tertiary/aromatic N) is 1. The molecule has 0 spiro atoms. The van der Waals surface area contributed by atoms with Crippen LogP contribution in [0.3, 0.4) is 0 Å². The lowest BCUT2D eigenvalue weighted by atomic mass is 10.1. The molecule has 2 rings (SSSR count). The van der Waals surface area contributed by atoms with Crippen LogP contribution in [0.1, 0.15) is 26.2 Å². The summed E-state index contributed by atoms with van der Waals surface area (Å²) in [4.78, 5) is 37.6. The molecule has 1 atom stereocenters. The monoisotopic (exact) mass is 391 g/mol. The summed E-state index contributed by atoms with van der Waals surface area (Å²) in [5.41, 5.74) is 6.37. The minimum Gasteiger partial charge on any atom is -0.379 e. The number of nitrogens with one attached hydrogen (secondary N) is 3. The second-order valence-electron chi connectivity index (χ2n) is 6.71. The topological polar surface area (TPSA) is 126 Å². The number of carbonyl (C=O) groups excluding carboxylic acids is 3. The van der Waals surface area contributed by atoms with Gasteiger partial charge < -0.3 is 26.4 Å². The highest BCUT2D eigenvalue weighted by Crippen LogP contribution is 2.15. The molecule has 1 fully saturated rings. The molecule has 0 radical (unpaired) electrons. The molecule has 154 valence electrons. The minimum atomic E-state index is -0.727. The zero-order valence-electron chi connectivity index (χ0n) is 16.2. The Kier molecular flexibility index (Phi) is 8.70. The van der Waals surface area contributed by atoms with E-state index in [0.717, 1.165) is 25.9 Å². The maximum atomic E-state index is 12.4. The molecule has 1 aliphatic rings. The van der Waals surface area contributed by atoms with Crippen LogP contribution in [0, 0.1) is 0 Å². The average molecular weight is 391 g/mol. The summed E-state index contributed by atoms with van der Waals surface area (Å²) in [7, 11) is 0.